The molecule has 0 spiro atoms. The van der Waals surface area contributed by atoms with Crippen LogP contribution in [0.1, 0.15) is 6.42 Å². The molecular formula is C13H23BN4O6S. The minimum absolute atomic E-state index is 0.0316. The average molecular weight is 374 g/mol. The van der Waals surface area contributed by atoms with E-state index in [-0.39, 0.29) is 19.4 Å². The number of aliphatic carboxylic acids is 1. The fraction of sp³-hybridized carbons (Fsp3) is 0.769. The molecule has 4 fully saturated rings. The highest BCUT2D eigenvalue weighted by atomic mass is 32.2. The number of carboxylic acid groups (broad SMARTS) is 1. The molecule has 0 unspecified atom stereocenters. The van der Waals surface area contributed by atoms with Crippen molar-refractivity contribution in [1.29, 1.82) is 0 Å². The SMILES string of the molecule is N[C@@]1(C(=O)O)CN(S(=O)(=O)NC23CN(C2)C3)C[C@@H]1/C=C/CCB(O)O. The predicted molar refractivity (Wildman–Crippen MR) is 89.6 cm³/mol. The minimum Gasteiger partial charge on any atom is -0.480 e. The Morgan fingerprint density at radius 2 is 1.96 bits per heavy atom. The second-order valence-corrected chi connectivity index (χ2v) is 8.93. The highest BCUT2D eigenvalue weighted by Crippen LogP contribution is 2.36. The van der Waals surface area contributed by atoms with E-state index in [2.05, 4.69) is 9.62 Å². The van der Waals surface area contributed by atoms with Gasteiger partial charge in [-0.3, -0.25) is 9.69 Å². The van der Waals surface area contributed by atoms with Crippen molar-refractivity contribution in [2.24, 2.45) is 11.7 Å². The molecule has 4 saturated heterocycles. The summed E-state index contributed by atoms with van der Waals surface area (Å²) in [4.78, 5) is 13.7. The maximum atomic E-state index is 12.6. The van der Waals surface area contributed by atoms with Crippen molar-refractivity contribution in [2.75, 3.05) is 32.7 Å². The second-order valence-electron chi connectivity index (χ2n) is 7.26. The quantitative estimate of drug-likeness (QED) is 0.223. The largest absolute Gasteiger partial charge is 0.480 e. The third-order valence-electron chi connectivity index (χ3n) is 5.12. The number of carbonyl (C=O) groups is 1. The lowest BCUT2D eigenvalue weighted by atomic mass is 9.79. The first-order valence-electron chi connectivity index (χ1n) is 8.13. The van der Waals surface area contributed by atoms with Crippen LogP contribution in [0.25, 0.3) is 0 Å². The van der Waals surface area contributed by atoms with Gasteiger partial charge >= 0.3 is 13.1 Å². The normalized spacial score (nSPS) is 37.7. The summed E-state index contributed by atoms with van der Waals surface area (Å²) in [6.45, 7) is 1.70. The molecule has 0 aromatic rings. The van der Waals surface area contributed by atoms with E-state index in [4.69, 9.17) is 15.8 Å². The standard InChI is InChI=1S/C13H23BN4O6S/c15-13(11(19)20)9-18(5-10(13)3-1-2-4-14(21)22)25(23,24)16-12-6-17(7-12)8-12/h1,3,10,16,21-22H,2,4-9,15H2,(H,19,20)/b3-1+/t10-,13-/m0/s1. The number of nitrogens with one attached hydrogen (secondary N) is 1. The topological polar surface area (TPSA) is 156 Å². The van der Waals surface area contributed by atoms with Gasteiger partial charge in [0.15, 0.2) is 0 Å². The van der Waals surface area contributed by atoms with Crippen LogP contribution >= 0.6 is 0 Å². The molecule has 0 saturated carbocycles. The zero-order chi connectivity index (χ0) is 18.5. The van der Waals surface area contributed by atoms with Crippen LogP contribution in [0.2, 0.25) is 6.32 Å². The molecule has 12 heteroatoms. The summed E-state index contributed by atoms with van der Waals surface area (Å²) in [7, 11) is -5.27. The number of nitrogens with zero attached hydrogens (tertiary/aromatic N) is 2. The molecule has 0 aliphatic carbocycles. The number of nitrogens with two attached hydrogens (primary N) is 1. The Balaban J connectivity index is 1.69. The number of hydrogen-bond donors (Lipinski definition) is 5. The first-order chi connectivity index (χ1) is 11.6. The summed E-state index contributed by atoms with van der Waals surface area (Å²) >= 11 is 0. The Kier molecular flexibility index (Phi) is 4.73. The van der Waals surface area contributed by atoms with Crippen molar-refractivity contribution >= 4 is 23.3 Å². The zero-order valence-electron chi connectivity index (χ0n) is 13.7. The Morgan fingerprint density at radius 3 is 2.44 bits per heavy atom. The molecule has 0 aromatic heterocycles. The molecule has 4 heterocycles. The van der Waals surface area contributed by atoms with E-state index in [0.717, 1.165) is 4.31 Å². The van der Waals surface area contributed by atoms with E-state index in [9.17, 15) is 18.3 Å². The minimum atomic E-state index is -3.82. The molecule has 4 rings (SSSR count). The van der Waals surface area contributed by atoms with E-state index in [1.54, 1.807) is 12.2 Å². The smallest absolute Gasteiger partial charge is 0.451 e. The van der Waals surface area contributed by atoms with Crippen molar-refractivity contribution < 1.29 is 28.4 Å². The van der Waals surface area contributed by atoms with Crippen molar-refractivity contribution in [1.82, 2.24) is 13.9 Å². The summed E-state index contributed by atoms with van der Waals surface area (Å²) in [5, 5.41) is 27.1. The maximum absolute atomic E-state index is 12.6. The van der Waals surface area contributed by atoms with Gasteiger partial charge in [-0.2, -0.15) is 17.4 Å². The highest BCUT2D eigenvalue weighted by molar-refractivity contribution is 7.87. The van der Waals surface area contributed by atoms with Gasteiger partial charge in [0.1, 0.15) is 5.54 Å². The average Bonchev–Trinajstić information content (AvgIpc) is 2.77. The van der Waals surface area contributed by atoms with Gasteiger partial charge in [0.2, 0.25) is 0 Å². The van der Waals surface area contributed by atoms with E-state index >= 15 is 0 Å². The van der Waals surface area contributed by atoms with Gasteiger partial charge in [0.25, 0.3) is 10.2 Å². The molecule has 4 aliphatic rings. The van der Waals surface area contributed by atoms with Crippen LogP contribution in [0.4, 0.5) is 0 Å². The molecule has 0 amide bonds. The lowest BCUT2D eigenvalue weighted by Gasteiger charge is -2.63. The maximum Gasteiger partial charge on any atom is 0.451 e. The Bertz CT molecular complexity index is 669. The molecule has 2 bridgehead atoms. The molecule has 0 radical (unpaired) electrons. The monoisotopic (exact) mass is 374 g/mol. The van der Waals surface area contributed by atoms with Gasteiger partial charge in [0.05, 0.1) is 5.54 Å². The number of allylic oxidation sites excluding steroid dienone is 1. The lowest BCUT2D eigenvalue weighted by Crippen LogP contribution is -2.86. The zero-order valence-corrected chi connectivity index (χ0v) is 14.5. The summed E-state index contributed by atoms with van der Waals surface area (Å²) < 4.78 is 29.0. The van der Waals surface area contributed by atoms with Gasteiger partial charge in [-0.15, -0.1) is 0 Å². The van der Waals surface area contributed by atoms with Crippen molar-refractivity contribution in [3.8, 4) is 0 Å². The fourth-order valence-electron chi connectivity index (χ4n) is 3.58. The third-order valence-corrected chi connectivity index (χ3v) is 6.77. The van der Waals surface area contributed by atoms with Gasteiger partial charge < -0.3 is 20.9 Å². The fourth-order valence-corrected chi connectivity index (χ4v) is 5.19. The Labute approximate surface area is 146 Å². The van der Waals surface area contributed by atoms with Crippen LogP contribution in [0, 0.1) is 5.92 Å². The highest BCUT2D eigenvalue weighted by Gasteiger charge is 2.59. The predicted octanol–water partition coefficient (Wildman–Crippen LogP) is -2.98. The van der Waals surface area contributed by atoms with Crippen LogP contribution in [-0.4, -0.2) is 89.7 Å². The van der Waals surface area contributed by atoms with Crippen LogP contribution in [0.5, 0.6) is 0 Å². The molecule has 6 N–H and O–H groups in total. The molecular weight excluding hydrogens is 351 g/mol. The molecule has 4 aliphatic heterocycles. The first kappa shape index (κ1) is 18.8. The molecule has 0 aromatic carbocycles. The summed E-state index contributed by atoms with van der Waals surface area (Å²) in [6, 6.07) is 0. The molecule has 10 nitrogen and oxygen atoms in total. The summed E-state index contributed by atoms with van der Waals surface area (Å²) in [6.07, 6.45) is 3.59. The number of carboxylic acids is 1. The van der Waals surface area contributed by atoms with Gasteiger partial charge in [-0.25, -0.2) is 0 Å². The number of rotatable bonds is 8. The summed E-state index contributed by atoms with van der Waals surface area (Å²) in [5.41, 5.74) is 3.88. The third kappa shape index (κ3) is 3.47. The van der Waals surface area contributed by atoms with Crippen molar-refractivity contribution in [3.05, 3.63) is 12.2 Å². The van der Waals surface area contributed by atoms with Crippen LogP contribution in [0.3, 0.4) is 0 Å². The Morgan fingerprint density at radius 1 is 1.32 bits per heavy atom. The molecule has 2 atom stereocenters. The summed E-state index contributed by atoms with van der Waals surface area (Å²) in [5.74, 6) is -1.96. The number of hydrogen-bond acceptors (Lipinski definition) is 7. The molecule has 140 valence electrons. The van der Waals surface area contributed by atoms with Gasteiger partial charge in [-0.05, 0) is 12.7 Å². The van der Waals surface area contributed by atoms with Crippen LogP contribution in [0.15, 0.2) is 12.2 Å². The van der Waals surface area contributed by atoms with E-state index < -0.39 is 40.3 Å². The molecule has 25 heavy (non-hydrogen) atoms. The first-order valence-corrected chi connectivity index (χ1v) is 9.57. The van der Waals surface area contributed by atoms with Gasteiger partial charge in [-0.1, -0.05) is 12.2 Å². The van der Waals surface area contributed by atoms with Crippen LogP contribution < -0.4 is 10.5 Å². The van der Waals surface area contributed by atoms with Gasteiger partial charge in [0, 0.05) is 38.6 Å². The lowest BCUT2D eigenvalue weighted by molar-refractivity contribution is -0.143. The van der Waals surface area contributed by atoms with E-state index in [0.29, 0.717) is 26.1 Å². The van der Waals surface area contributed by atoms with Crippen LogP contribution in [-0.2, 0) is 15.0 Å². The van der Waals surface area contributed by atoms with E-state index in [1.807, 2.05) is 0 Å². The second kappa shape index (κ2) is 6.30. The van der Waals surface area contributed by atoms with Crippen molar-refractivity contribution in [3.63, 3.8) is 0 Å². The Hall–Kier alpha value is -1.02. The van der Waals surface area contributed by atoms with Crippen molar-refractivity contribution in [2.45, 2.75) is 23.8 Å². The van der Waals surface area contributed by atoms with E-state index in [1.165, 1.54) is 0 Å².